The minimum absolute atomic E-state index is 0. The van der Waals surface area contributed by atoms with E-state index in [0.29, 0.717) is 46.0 Å². The fourth-order valence-electron chi connectivity index (χ4n) is 5.76. The van der Waals surface area contributed by atoms with Crippen LogP contribution in [-0.4, -0.2) is 109 Å². The quantitative estimate of drug-likeness (QED) is 0.109. The number of esters is 2. The summed E-state index contributed by atoms with van der Waals surface area (Å²) in [6.07, 6.45) is 5.22. The highest BCUT2D eigenvalue weighted by atomic mass is 35.5. The lowest BCUT2D eigenvalue weighted by atomic mass is 9.88. The van der Waals surface area contributed by atoms with Crippen molar-refractivity contribution >= 4 is 88.6 Å². The molecular weight excluding hydrogens is 749 g/mol. The minimum Gasteiger partial charge on any atom is -0.425 e. The minimum atomic E-state index is -1.05. The van der Waals surface area contributed by atoms with Crippen molar-refractivity contribution in [2.45, 2.75) is 94.1 Å². The van der Waals surface area contributed by atoms with Crippen LogP contribution in [0.15, 0.2) is 21.8 Å². The number of nitrogen functional groups attached to an aromatic ring is 1. The molecule has 1 saturated heterocycles. The molecule has 4 heterocycles. The predicted octanol–water partition coefficient (Wildman–Crippen LogP) is 3.29. The number of β-lactam (4-membered cyclic amide) rings is 1. The molecule has 3 N–H and O–H groups in total. The summed E-state index contributed by atoms with van der Waals surface area (Å²) in [6, 6.07) is -0.824. The van der Waals surface area contributed by atoms with E-state index in [1.807, 2.05) is 25.9 Å². The summed E-state index contributed by atoms with van der Waals surface area (Å²) in [5.41, 5.74) is 7.01. The fourth-order valence-corrected chi connectivity index (χ4v) is 8.71. The Kier molecular flexibility index (Phi) is 16.6. The Labute approximate surface area is 316 Å². The lowest BCUT2D eigenvalue weighted by Crippen LogP contribution is -2.70. The zero-order valence-corrected chi connectivity index (χ0v) is 32.4. The van der Waals surface area contributed by atoms with E-state index in [2.05, 4.69) is 25.8 Å². The number of hydrogen-bond acceptors (Lipinski definition) is 15. The number of nitrogens with one attached hydrogen (secondary N) is 1. The molecule has 0 aromatic carbocycles. The molecule has 1 saturated carbocycles. The summed E-state index contributed by atoms with van der Waals surface area (Å²) in [5.74, 6) is -1.31. The third-order valence-corrected chi connectivity index (χ3v) is 11.4. The van der Waals surface area contributed by atoms with E-state index in [-0.39, 0.29) is 55.2 Å². The second kappa shape index (κ2) is 19.8. The van der Waals surface area contributed by atoms with Crippen LogP contribution in [0.5, 0.6) is 0 Å². The number of thiazole rings is 1. The number of carbonyl (C=O) groups excluding carboxylic acids is 4. The van der Waals surface area contributed by atoms with Gasteiger partial charge in [0.1, 0.15) is 17.1 Å². The molecular formula is C30H45Cl2N9O6S3. The SMILES string of the molecule is CCCCC(=O)OC(OC(=O)C1=C(CSc2nnnn2CCN(C)C)CS[C@@H]2[C@H](NC(=O)Cc3csc(N)n3)C(=O)N12)C1CCCCC1.Cl.Cl. The Bertz CT molecular complexity index is 1500. The number of hydrogen-bond donors (Lipinski definition) is 2. The van der Waals surface area contributed by atoms with Crippen molar-refractivity contribution in [1.29, 1.82) is 0 Å². The highest BCUT2D eigenvalue weighted by Crippen LogP contribution is 2.42. The van der Waals surface area contributed by atoms with Gasteiger partial charge in [0.15, 0.2) is 5.13 Å². The van der Waals surface area contributed by atoms with Crippen LogP contribution in [0.1, 0.15) is 64.0 Å². The number of aromatic nitrogens is 5. The van der Waals surface area contributed by atoms with Gasteiger partial charge in [-0.15, -0.1) is 53.0 Å². The van der Waals surface area contributed by atoms with E-state index < -0.39 is 35.6 Å². The van der Waals surface area contributed by atoms with Gasteiger partial charge in [-0.1, -0.05) is 44.4 Å². The number of ether oxygens (including phenoxy) is 2. The van der Waals surface area contributed by atoms with Crippen LogP contribution in [0.25, 0.3) is 0 Å². The van der Waals surface area contributed by atoms with Crippen LogP contribution in [-0.2, 0) is 41.6 Å². The van der Waals surface area contributed by atoms with Crippen molar-refractivity contribution in [3.63, 3.8) is 0 Å². The lowest BCUT2D eigenvalue weighted by Gasteiger charge is -2.50. The molecule has 3 aliphatic rings. The summed E-state index contributed by atoms with van der Waals surface area (Å²) in [4.78, 5) is 60.9. The number of unbranched alkanes of at least 4 members (excludes halogenated alkanes) is 1. The van der Waals surface area contributed by atoms with Gasteiger partial charge >= 0.3 is 11.9 Å². The second-order valence-corrected chi connectivity index (χ2v) is 15.2. The van der Waals surface area contributed by atoms with Gasteiger partial charge in [0.05, 0.1) is 18.7 Å². The van der Waals surface area contributed by atoms with E-state index in [0.717, 1.165) is 45.1 Å². The van der Waals surface area contributed by atoms with Gasteiger partial charge in [-0.05, 0) is 49.4 Å². The molecule has 0 spiro atoms. The Morgan fingerprint density at radius 2 is 1.94 bits per heavy atom. The third-order valence-electron chi connectivity index (χ3n) is 8.34. The summed E-state index contributed by atoms with van der Waals surface area (Å²) >= 11 is 4.06. The number of likely N-dealkylation sites (N-methyl/N-ethyl adjacent to an activating group) is 1. The third kappa shape index (κ3) is 10.7. The predicted molar refractivity (Wildman–Crippen MR) is 196 cm³/mol. The zero-order chi connectivity index (χ0) is 34.2. The van der Waals surface area contributed by atoms with E-state index in [1.165, 1.54) is 39.8 Å². The molecule has 0 radical (unpaired) electrons. The number of halogens is 2. The van der Waals surface area contributed by atoms with Crippen LogP contribution in [0.3, 0.4) is 0 Å². The first-order valence-corrected chi connectivity index (χ1v) is 19.2. The van der Waals surface area contributed by atoms with Gasteiger partial charge in [-0.2, -0.15) is 0 Å². The lowest BCUT2D eigenvalue weighted by molar-refractivity contribution is -0.199. The van der Waals surface area contributed by atoms with Crippen LogP contribution in [0.4, 0.5) is 5.13 Å². The van der Waals surface area contributed by atoms with Gasteiger partial charge in [0.2, 0.25) is 11.1 Å². The van der Waals surface area contributed by atoms with Crippen LogP contribution in [0, 0.1) is 5.92 Å². The number of fused-ring (bicyclic) bond motifs is 1. The largest absolute Gasteiger partial charge is 0.425 e. The van der Waals surface area contributed by atoms with Crippen LogP contribution < -0.4 is 11.1 Å². The van der Waals surface area contributed by atoms with Crippen LogP contribution in [0.2, 0.25) is 0 Å². The van der Waals surface area contributed by atoms with Gasteiger partial charge in [0, 0.05) is 35.8 Å². The average Bonchev–Trinajstić information content (AvgIpc) is 3.71. The van der Waals surface area contributed by atoms with Gasteiger partial charge in [0.25, 0.3) is 12.2 Å². The number of nitrogens with two attached hydrogens (primary N) is 1. The van der Waals surface area contributed by atoms with E-state index in [9.17, 15) is 19.2 Å². The number of carbonyl (C=O) groups is 4. The maximum absolute atomic E-state index is 14.1. The van der Waals surface area contributed by atoms with E-state index >= 15 is 0 Å². The molecule has 1 aliphatic carbocycles. The highest BCUT2D eigenvalue weighted by molar-refractivity contribution is 8.01. The number of anilines is 1. The molecule has 0 bridgehead atoms. The van der Waals surface area contributed by atoms with Crippen molar-refractivity contribution in [1.82, 2.24) is 40.3 Å². The van der Waals surface area contributed by atoms with E-state index in [1.54, 1.807) is 10.1 Å². The van der Waals surface area contributed by atoms with Crippen molar-refractivity contribution in [3.05, 3.63) is 22.3 Å². The second-order valence-electron chi connectivity index (χ2n) is 12.3. The molecule has 50 heavy (non-hydrogen) atoms. The molecule has 20 heteroatoms. The van der Waals surface area contributed by atoms with Gasteiger partial charge in [-0.25, -0.2) is 14.5 Å². The first kappa shape index (κ1) is 41.8. The Morgan fingerprint density at radius 3 is 2.62 bits per heavy atom. The van der Waals surface area contributed by atoms with Gasteiger partial charge in [-0.3, -0.25) is 19.3 Å². The summed E-state index contributed by atoms with van der Waals surface area (Å²) in [5, 5.41) is 17.0. The summed E-state index contributed by atoms with van der Waals surface area (Å²) in [7, 11) is 3.93. The van der Waals surface area contributed by atoms with E-state index in [4.69, 9.17) is 15.2 Å². The standard InChI is InChI=1S/C30H43N9O6S3.2ClH/c1-4-5-11-22(41)44-28(18-9-7-6-8-10-18)45-27(43)24-19(16-48-30-34-35-36-38(30)13-12-37(2)3)15-46-26-23(25(42)39(24)26)33-21(40)14-20-17-47-29(31)32-20;;/h17-18,23,26,28H,4-16H2,1-3H3,(H2,31,32)(H,33,40);2*1H/t23-,26-,28?;;/m1../s1. The maximum Gasteiger partial charge on any atom is 0.358 e. The Balaban J connectivity index is 0.00000338. The Morgan fingerprint density at radius 1 is 1.18 bits per heavy atom. The van der Waals surface area contributed by atoms with Crippen molar-refractivity contribution in [2.24, 2.45) is 5.92 Å². The molecule has 3 atom stereocenters. The number of rotatable bonds is 16. The highest BCUT2D eigenvalue weighted by Gasteiger charge is 2.54. The molecule has 2 aliphatic heterocycles. The van der Waals surface area contributed by atoms with Crippen molar-refractivity contribution in [2.75, 3.05) is 37.9 Å². The van der Waals surface area contributed by atoms with Gasteiger partial charge < -0.3 is 25.4 Å². The monoisotopic (exact) mass is 793 g/mol. The van der Waals surface area contributed by atoms with Crippen LogP contribution >= 0.6 is 59.7 Å². The Hall–Kier alpha value is -2.64. The molecule has 2 fully saturated rings. The topological polar surface area (TPSA) is 188 Å². The maximum atomic E-state index is 14.1. The normalized spacial score (nSPS) is 19.5. The molecule has 1 unspecified atom stereocenters. The summed E-state index contributed by atoms with van der Waals surface area (Å²) < 4.78 is 13.5. The number of tetrazole rings is 1. The first-order valence-electron chi connectivity index (χ1n) is 16.2. The first-order chi connectivity index (χ1) is 23.1. The molecule has 2 aromatic heterocycles. The smallest absolute Gasteiger partial charge is 0.358 e. The average molecular weight is 795 g/mol. The fraction of sp³-hybridized carbons (Fsp3) is 0.667. The number of amides is 2. The molecule has 15 nitrogen and oxygen atoms in total. The van der Waals surface area contributed by atoms with Crippen molar-refractivity contribution in [3.8, 4) is 0 Å². The molecule has 2 amide bonds. The van der Waals surface area contributed by atoms with Crippen molar-refractivity contribution < 1.29 is 28.7 Å². The number of thioether (sulfide) groups is 2. The molecule has 278 valence electrons. The molecule has 5 rings (SSSR count). The molecule has 2 aromatic rings. The zero-order valence-electron chi connectivity index (χ0n) is 28.3. The number of nitrogens with zero attached hydrogens (tertiary/aromatic N) is 7. The summed E-state index contributed by atoms with van der Waals surface area (Å²) in [6.45, 7) is 3.31.